The summed E-state index contributed by atoms with van der Waals surface area (Å²) in [6, 6.07) is 17.0. The maximum absolute atomic E-state index is 12.5. The van der Waals surface area contributed by atoms with Crippen LogP contribution in [0.3, 0.4) is 0 Å². The Kier molecular flexibility index (Phi) is 5.19. The summed E-state index contributed by atoms with van der Waals surface area (Å²) in [5.74, 6) is -0.135. The normalized spacial score (nSPS) is 9.93. The van der Waals surface area contributed by atoms with Crippen LogP contribution in [-0.2, 0) is 0 Å². The highest BCUT2D eigenvalue weighted by Crippen LogP contribution is 2.33. The SMILES string of the molecule is COc1ccnc(C(=O)Nc2ccccc2Oc2ccccc2C#N)c1O. The number of benzene rings is 2. The van der Waals surface area contributed by atoms with Gasteiger partial charge in [0.05, 0.1) is 18.4 Å². The monoisotopic (exact) mass is 361 g/mol. The van der Waals surface area contributed by atoms with E-state index in [0.717, 1.165) is 0 Å². The summed E-state index contributed by atoms with van der Waals surface area (Å²) in [4.78, 5) is 16.4. The number of nitrogens with one attached hydrogen (secondary N) is 1. The van der Waals surface area contributed by atoms with Crippen molar-refractivity contribution < 1.29 is 19.4 Å². The molecular weight excluding hydrogens is 346 g/mol. The predicted molar refractivity (Wildman–Crippen MR) is 98.1 cm³/mol. The lowest BCUT2D eigenvalue weighted by molar-refractivity contribution is 0.101. The van der Waals surface area contributed by atoms with E-state index in [2.05, 4.69) is 16.4 Å². The molecule has 0 bridgehead atoms. The maximum Gasteiger partial charge on any atom is 0.278 e. The molecule has 0 radical (unpaired) electrons. The lowest BCUT2D eigenvalue weighted by Crippen LogP contribution is -2.14. The first-order valence-corrected chi connectivity index (χ1v) is 7.93. The first kappa shape index (κ1) is 17.8. The fraction of sp³-hybridized carbons (Fsp3) is 0.0500. The van der Waals surface area contributed by atoms with Crippen LogP contribution in [0.2, 0.25) is 0 Å². The Balaban J connectivity index is 1.89. The third kappa shape index (κ3) is 3.80. The molecule has 3 rings (SSSR count). The lowest BCUT2D eigenvalue weighted by atomic mass is 10.2. The Morgan fingerprint density at radius 3 is 2.52 bits per heavy atom. The largest absolute Gasteiger partial charge is 0.503 e. The van der Waals surface area contributed by atoms with Crippen molar-refractivity contribution in [2.45, 2.75) is 0 Å². The first-order chi connectivity index (χ1) is 13.1. The van der Waals surface area contributed by atoms with Crippen LogP contribution in [0.15, 0.2) is 60.8 Å². The van der Waals surface area contributed by atoms with Crippen molar-refractivity contribution in [3.8, 4) is 29.1 Å². The molecule has 3 aromatic rings. The zero-order chi connectivity index (χ0) is 19.2. The van der Waals surface area contributed by atoms with Gasteiger partial charge in [-0.3, -0.25) is 4.79 Å². The molecule has 0 aliphatic rings. The number of carbonyl (C=O) groups excluding carboxylic acids is 1. The Labute approximate surface area is 155 Å². The highest BCUT2D eigenvalue weighted by atomic mass is 16.5. The smallest absolute Gasteiger partial charge is 0.278 e. The van der Waals surface area contributed by atoms with Gasteiger partial charge in [0, 0.05) is 12.3 Å². The lowest BCUT2D eigenvalue weighted by Gasteiger charge is -2.13. The zero-order valence-corrected chi connectivity index (χ0v) is 14.3. The van der Waals surface area contributed by atoms with Gasteiger partial charge in [0.15, 0.2) is 22.9 Å². The molecule has 0 saturated heterocycles. The molecule has 7 nitrogen and oxygen atoms in total. The van der Waals surface area contributed by atoms with Crippen molar-refractivity contribution in [3.05, 3.63) is 72.1 Å². The quantitative estimate of drug-likeness (QED) is 0.718. The Hall–Kier alpha value is -4.05. The Bertz CT molecular complexity index is 1030. The fourth-order valence-corrected chi connectivity index (χ4v) is 2.37. The molecule has 0 fully saturated rings. The van der Waals surface area contributed by atoms with Gasteiger partial charge in [-0.1, -0.05) is 24.3 Å². The van der Waals surface area contributed by atoms with Crippen LogP contribution < -0.4 is 14.8 Å². The molecule has 27 heavy (non-hydrogen) atoms. The van der Waals surface area contributed by atoms with Crippen molar-refractivity contribution >= 4 is 11.6 Å². The van der Waals surface area contributed by atoms with Crippen LogP contribution >= 0.6 is 0 Å². The third-order valence-electron chi connectivity index (χ3n) is 3.68. The van der Waals surface area contributed by atoms with Crippen molar-refractivity contribution in [1.29, 1.82) is 5.26 Å². The second kappa shape index (κ2) is 7.89. The number of para-hydroxylation sites is 3. The average molecular weight is 361 g/mol. The number of methoxy groups -OCH3 is 1. The molecule has 1 amide bonds. The number of aromatic hydroxyl groups is 1. The fourth-order valence-electron chi connectivity index (χ4n) is 2.37. The minimum atomic E-state index is -0.629. The number of hydrogen-bond donors (Lipinski definition) is 2. The van der Waals surface area contributed by atoms with Gasteiger partial charge in [-0.2, -0.15) is 5.26 Å². The zero-order valence-electron chi connectivity index (χ0n) is 14.3. The molecule has 0 spiro atoms. The van der Waals surface area contributed by atoms with E-state index in [4.69, 9.17) is 9.47 Å². The van der Waals surface area contributed by atoms with E-state index in [-0.39, 0.29) is 17.2 Å². The van der Waals surface area contributed by atoms with Gasteiger partial charge in [0.2, 0.25) is 0 Å². The van der Waals surface area contributed by atoms with E-state index < -0.39 is 5.91 Å². The molecule has 2 N–H and O–H groups in total. The average Bonchev–Trinajstić information content (AvgIpc) is 2.70. The number of anilines is 1. The minimum Gasteiger partial charge on any atom is -0.503 e. The summed E-state index contributed by atoms with van der Waals surface area (Å²) in [6.45, 7) is 0. The van der Waals surface area contributed by atoms with E-state index in [1.165, 1.54) is 19.4 Å². The standard InChI is InChI=1S/C20H15N3O4/c1-26-17-10-11-22-18(19(17)24)20(25)23-14-7-3-5-9-16(14)27-15-8-4-2-6-13(15)12-21/h2-11,24H,1H3,(H,23,25). The topological polar surface area (TPSA) is 104 Å². The number of aromatic nitrogens is 1. The molecule has 0 aliphatic heterocycles. The van der Waals surface area contributed by atoms with Gasteiger partial charge in [0.25, 0.3) is 5.91 Å². The Morgan fingerprint density at radius 1 is 1.07 bits per heavy atom. The van der Waals surface area contributed by atoms with Crippen LogP contribution in [-0.4, -0.2) is 23.1 Å². The number of pyridine rings is 1. The second-order valence-corrected chi connectivity index (χ2v) is 5.37. The third-order valence-corrected chi connectivity index (χ3v) is 3.68. The number of rotatable bonds is 5. The molecule has 1 heterocycles. The van der Waals surface area contributed by atoms with Crippen LogP contribution in [0.25, 0.3) is 0 Å². The van der Waals surface area contributed by atoms with Crippen molar-refractivity contribution in [1.82, 2.24) is 4.98 Å². The number of carbonyl (C=O) groups is 1. The Morgan fingerprint density at radius 2 is 1.78 bits per heavy atom. The van der Waals surface area contributed by atoms with Crippen LogP contribution in [0.1, 0.15) is 16.1 Å². The molecule has 1 aromatic heterocycles. The number of amides is 1. The molecule has 7 heteroatoms. The summed E-state index contributed by atoms with van der Waals surface area (Å²) in [5, 5.41) is 21.9. The van der Waals surface area contributed by atoms with Gasteiger partial charge < -0.3 is 19.9 Å². The highest BCUT2D eigenvalue weighted by molar-refractivity contribution is 6.05. The minimum absolute atomic E-state index is 0.141. The molecule has 0 saturated carbocycles. The van der Waals surface area contributed by atoms with E-state index in [1.807, 2.05) is 0 Å². The van der Waals surface area contributed by atoms with Gasteiger partial charge in [0.1, 0.15) is 11.8 Å². The molecule has 0 atom stereocenters. The second-order valence-electron chi connectivity index (χ2n) is 5.37. The number of nitriles is 1. The number of nitrogens with zero attached hydrogens (tertiary/aromatic N) is 2. The van der Waals surface area contributed by atoms with Crippen LogP contribution in [0.4, 0.5) is 5.69 Å². The first-order valence-electron chi connectivity index (χ1n) is 7.93. The summed E-state index contributed by atoms with van der Waals surface area (Å²) >= 11 is 0. The summed E-state index contributed by atoms with van der Waals surface area (Å²) in [7, 11) is 1.38. The summed E-state index contributed by atoms with van der Waals surface area (Å²) in [6.07, 6.45) is 1.36. The molecule has 134 valence electrons. The van der Waals surface area contributed by atoms with E-state index in [0.29, 0.717) is 22.7 Å². The number of hydrogen-bond acceptors (Lipinski definition) is 6. The maximum atomic E-state index is 12.5. The van der Waals surface area contributed by atoms with Crippen molar-refractivity contribution in [3.63, 3.8) is 0 Å². The predicted octanol–water partition coefficient (Wildman–Crippen LogP) is 3.71. The van der Waals surface area contributed by atoms with E-state index in [9.17, 15) is 15.2 Å². The molecule has 0 unspecified atom stereocenters. The molecule has 2 aromatic carbocycles. The summed E-state index contributed by atoms with van der Waals surface area (Å²) < 4.78 is 10.8. The van der Waals surface area contributed by atoms with Gasteiger partial charge in [-0.05, 0) is 24.3 Å². The molecular formula is C20H15N3O4. The highest BCUT2D eigenvalue weighted by Gasteiger charge is 2.18. The summed E-state index contributed by atoms with van der Waals surface area (Å²) in [5.41, 5.74) is 0.548. The van der Waals surface area contributed by atoms with E-state index in [1.54, 1.807) is 48.5 Å². The van der Waals surface area contributed by atoms with Crippen molar-refractivity contribution in [2.75, 3.05) is 12.4 Å². The van der Waals surface area contributed by atoms with Gasteiger partial charge in [-0.25, -0.2) is 4.98 Å². The van der Waals surface area contributed by atoms with Gasteiger partial charge >= 0.3 is 0 Å². The van der Waals surface area contributed by atoms with Crippen LogP contribution in [0, 0.1) is 11.3 Å². The molecule has 0 aliphatic carbocycles. The van der Waals surface area contributed by atoms with E-state index >= 15 is 0 Å². The van der Waals surface area contributed by atoms with Crippen LogP contribution in [0.5, 0.6) is 23.0 Å². The number of ether oxygens (including phenoxy) is 2. The van der Waals surface area contributed by atoms with Crippen molar-refractivity contribution in [2.24, 2.45) is 0 Å². The van der Waals surface area contributed by atoms with Gasteiger partial charge in [-0.15, -0.1) is 0 Å².